The van der Waals surface area contributed by atoms with Crippen LogP contribution in [0.1, 0.15) is 31.1 Å². The highest BCUT2D eigenvalue weighted by molar-refractivity contribution is 7.80. The van der Waals surface area contributed by atoms with Gasteiger partial charge in [-0.25, -0.2) is 13.7 Å². The van der Waals surface area contributed by atoms with Crippen LogP contribution in [-0.4, -0.2) is 40.9 Å². The monoisotopic (exact) mass is 500 g/mol. The van der Waals surface area contributed by atoms with Crippen LogP contribution in [0, 0.1) is 11.6 Å². The summed E-state index contributed by atoms with van der Waals surface area (Å²) in [5, 5.41) is -0.00172. The SMILES string of the molecule is O=C1c2ccccc2C(=O)N1CCOC(=S)N(C(=O)c1cccc(F)c1F)c1ccc(Cl)cc1. The number of imide groups is 1. The van der Waals surface area contributed by atoms with Crippen molar-refractivity contribution in [2.45, 2.75) is 0 Å². The van der Waals surface area contributed by atoms with E-state index in [1.807, 2.05) is 0 Å². The molecule has 6 nitrogen and oxygen atoms in total. The van der Waals surface area contributed by atoms with E-state index in [9.17, 15) is 23.2 Å². The Kier molecular flexibility index (Phi) is 6.67. The number of benzene rings is 3. The van der Waals surface area contributed by atoms with Crippen LogP contribution < -0.4 is 4.90 Å². The van der Waals surface area contributed by atoms with Crippen molar-refractivity contribution in [3.05, 3.63) is 100 Å². The second-order valence-electron chi connectivity index (χ2n) is 7.14. The van der Waals surface area contributed by atoms with E-state index in [0.29, 0.717) is 5.02 Å². The third-order valence-corrected chi connectivity index (χ3v) is 5.62. The summed E-state index contributed by atoms with van der Waals surface area (Å²) in [6.45, 7) is -0.364. The standard InChI is InChI=1S/C24H15ClF2N2O4S/c25-14-8-10-15(11-9-14)29(23(32)18-6-3-7-19(26)20(18)27)24(34)33-13-12-28-21(30)16-4-1-2-5-17(16)22(28)31/h1-11H,12-13H2. The maximum atomic E-state index is 14.3. The molecule has 0 spiro atoms. The fourth-order valence-corrected chi connectivity index (χ4v) is 3.81. The molecule has 3 amide bonds. The highest BCUT2D eigenvalue weighted by Gasteiger charge is 2.35. The number of rotatable bonds is 5. The van der Waals surface area contributed by atoms with Crippen LogP contribution in [0.15, 0.2) is 66.7 Å². The van der Waals surface area contributed by atoms with E-state index in [-0.39, 0.29) is 35.1 Å². The van der Waals surface area contributed by atoms with E-state index in [4.69, 9.17) is 28.6 Å². The van der Waals surface area contributed by atoms with Crippen LogP contribution in [-0.2, 0) is 4.74 Å². The lowest BCUT2D eigenvalue weighted by Gasteiger charge is -2.24. The molecule has 172 valence electrons. The third-order valence-electron chi connectivity index (χ3n) is 5.07. The summed E-state index contributed by atoms with van der Waals surface area (Å²) >= 11 is 11.2. The van der Waals surface area contributed by atoms with Crippen LogP contribution in [0.25, 0.3) is 0 Å². The molecule has 1 aliphatic heterocycles. The second kappa shape index (κ2) is 9.66. The van der Waals surface area contributed by atoms with Gasteiger partial charge in [-0.1, -0.05) is 29.8 Å². The first kappa shape index (κ1) is 23.5. The molecule has 0 atom stereocenters. The molecule has 0 unspecified atom stereocenters. The lowest BCUT2D eigenvalue weighted by molar-refractivity contribution is 0.0627. The quantitative estimate of drug-likeness (QED) is 0.369. The van der Waals surface area contributed by atoms with E-state index in [2.05, 4.69) is 0 Å². The molecule has 0 saturated carbocycles. The van der Waals surface area contributed by atoms with Gasteiger partial charge in [0.25, 0.3) is 22.9 Å². The van der Waals surface area contributed by atoms with Gasteiger partial charge < -0.3 is 4.74 Å². The van der Waals surface area contributed by atoms with Crippen molar-refractivity contribution in [1.29, 1.82) is 0 Å². The number of amides is 3. The molecular weight excluding hydrogens is 486 g/mol. The first-order valence-corrected chi connectivity index (χ1v) is 10.7. The van der Waals surface area contributed by atoms with Gasteiger partial charge in [-0.15, -0.1) is 0 Å². The van der Waals surface area contributed by atoms with Gasteiger partial charge in [0.15, 0.2) is 11.6 Å². The summed E-state index contributed by atoms with van der Waals surface area (Å²) in [5.41, 5.74) is 0.217. The average Bonchev–Trinajstić information content (AvgIpc) is 3.07. The zero-order chi connectivity index (χ0) is 24.4. The summed E-state index contributed by atoms with van der Waals surface area (Å²) < 4.78 is 33.5. The maximum Gasteiger partial charge on any atom is 0.271 e. The number of carbonyl (C=O) groups excluding carboxylic acids is 3. The number of hydrogen-bond acceptors (Lipinski definition) is 5. The van der Waals surface area contributed by atoms with Crippen LogP contribution >= 0.6 is 23.8 Å². The molecule has 0 saturated heterocycles. The largest absolute Gasteiger partial charge is 0.468 e. The van der Waals surface area contributed by atoms with Gasteiger partial charge in [-0.05, 0) is 60.7 Å². The van der Waals surface area contributed by atoms with Crippen molar-refractivity contribution in [2.75, 3.05) is 18.1 Å². The van der Waals surface area contributed by atoms with Gasteiger partial charge in [0, 0.05) is 5.02 Å². The number of thiocarbonyl (C=S) groups is 1. The van der Waals surface area contributed by atoms with Crippen LogP contribution in [0.4, 0.5) is 14.5 Å². The molecule has 1 heterocycles. The molecule has 0 radical (unpaired) electrons. The number of ether oxygens (including phenoxy) is 1. The summed E-state index contributed by atoms with van der Waals surface area (Å²) in [6, 6.07) is 15.5. The minimum Gasteiger partial charge on any atom is -0.468 e. The van der Waals surface area contributed by atoms with Crippen molar-refractivity contribution in [3.63, 3.8) is 0 Å². The third kappa shape index (κ3) is 4.40. The van der Waals surface area contributed by atoms with E-state index in [0.717, 1.165) is 21.9 Å². The fourth-order valence-electron chi connectivity index (χ4n) is 3.42. The van der Waals surface area contributed by atoms with Gasteiger partial charge in [-0.2, -0.15) is 0 Å². The van der Waals surface area contributed by atoms with Crippen molar-refractivity contribution >= 4 is 52.4 Å². The first-order valence-electron chi connectivity index (χ1n) is 9.95. The number of halogens is 3. The zero-order valence-corrected chi connectivity index (χ0v) is 18.9. The molecule has 0 bridgehead atoms. The van der Waals surface area contributed by atoms with Gasteiger partial charge in [0.05, 0.1) is 28.9 Å². The lowest BCUT2D eigenvalue weighted by atomic mass is 10.1. The number of fused-ring (bicyclic) bond motifs is 1. The molecule has 1 aliphatic rings. The Hall–Kier alpha value is -3.69. The highest BCUT2D eigenvalue weighted by atomic mass is 35.5. The molecule has 3 aromatic carbocycles. The molecule has 34 heavy (non-hydrogen) atoms. The highest BCUT2D eigenvalue weighted by Crippen LogP contribution is 2.24. The van der Waals surface area contributed by atoms with E-state index in [1.165, 1.54) is 30.3 Å². The molecule has 0 fully saturated rings. The Bertz CT molecular complexity index is 1280. The second-order valence-corrected chi connectivity index (χ2v) is 7.93. The summed E-state index contributed by atoms with van der Waals surface area (Å²) in [7, 11) is 0. The summed E-state index contributed by atoms with van der Waals surface area (Å²) in [4.78, 5) is 40.0. The van der Waals surface area contributed by atoms with Crippen LogP contribution in [0.2, 0.25) is 5.02 Å². The minimum atomic E-state index is -1.33. The zero-order valence-electron chi connectivity index (χ0n) is 17.3. The van der Waals surface area contributed by atoms with Gasteiger partial charge >= 0.3 is 0 Å². The Balaban J connectivity index is 1.53. The van der Waals surface area contributed by atoms with Crippen molar-refractivity contribution in [2.24, 2.45) is 0 Å². The van der Waals surface area contributed by atoms with Crippen LogP contribution in [0.3, 0.4) is 0 Å². The van der Waals surface area contributed by atoms with Crippen LogP contribution in [0.5, 0.6) is 0 Å². The normalized spacial score (nSPS) is 12.5. The smallest absolute Gasteiger partial charge is 0.271 e. The average molecular weight is 501 g/mol. The first-order chi connectivity index (χ1) is 16.3. The fraction of sp³-hybridized carbons (Fsp3) is 0.0833. The van der Waals surface area contributed by atoms with Gasteiger partial charge in [0.1, 0.15) is 6.61 Å². The number of nitrogens with zero attached hydrogens (tertiary/aromatic N) is 2. The summed E-state index contributed by atoms with van der Waals surface area (Å²) in [5.74, 6) is -4.44. The van der Waals surface area contributed by atoms with E-state index < -0.39 is 34.9 Å². The number of carbonyl (C=O) groups is 3. The molecule has 4 rings (SSSR count). The number of hydrogen-bond donors (Lipinski definition) is 0. The predicted molar refractivity (Wildman–Crippen MR) is 125 cm³/mol. The van der Waals surface area contributed by atoms with Gasteiger partial charge in [-0.3, -0.25) is 19.3 Å². The molecular formula is C24H15ClF2N2O4S. The Morgan fingerprint density at radius 1 is 0.941 bits per heavy atom. The van der Waals surface area contributed by atoms with Crippen molar-refractivity contribution < 1.29 is 27.9 Å². The van der Waals surface area contributed by atoms with Crippen molar-refractivity contribution in [3.8, 4) is 0 Å². The Morgan fingerprint density at radius 2 is 1.56 bits per heavy atom. The Labute approximate surface area is 203 Å². The molecule has 0 N–H and O–H groups in total. The number of anilines is 1. The molecule has 3 aromatic rings. The van der Waals surface area contributed by atoms with Gasteiger partial charge in [0.2, 0.25) is 0 Å². The molecule has 0 aromatic heterocycles. The Morgan fingerprint density at radius 3 is 2.18 bits per heavy atom. The molecule has 10 heteroatoms. The van der Waals surface area contributed by atoms with Crippen molar-refractivity contribution in [1.82, 2.24) is 4.90 Å². The predicted octanol–water partition coefficient (Wildman–Crippen LogP) is 4.86. The molecule has 0 aliphatic carbocycles. The van der Waals surface area contributed by atoms with E-state index >= 15 is 0 Å². The topological polar surface area (TPSA) is 66.9 Å². The maximum absolute atomic E-state index is 14.3. The minimum absolute atomic E-state index is 0.135. The van der Waals surface area contributed by atoms with E-state index in [1.54, 1.807) is 24.3 Å². The summed E-state index contributed by atoms with van der Waals surface area (Å²) in [6.07, 6.45) is 0. The lowest BCUT2D eigenvalue weighted by Crippen LogP contribution is -2.40.